The van der Waals surface area contributed by atoms with Gasteiger partial charge < -0.3 is 37.9 Å². The molecule has 0 radical (unpaired) electrons. The second kappa shape index (κ2) is 19.4. The van der Waals surface area contributed by atoms with Crippen molar-refractivity contribution < 1.29 is 57.1 Å². The van der Waals surface area contributed by atoms with Crippen LogP contribution in [0, 0.1) is 0 Å². The van der Waals surface area contributed by atoms with Crippen LogP contribution in [-0.4, -0.2) is 57.1 Å². The Bertz CT molecular complexity index is 1530. The van der Waals surface area contributed by atoms with E-state index in [-0.39, 0.29) is 50.3 Å². The third-order valence-electron chi connectivity index (χ3n) is 5.79. The maximum absolute atomic E-state index is 12.9. The van der Waals surface area contributed by atoms with Crippen molar-refractivity contribution in [3.05, 3.63) is 110 Å². The summed E-state index contributed by atoms with van der Waals surface area (Å²) in [5, 5.41) is 0. The van der Waals surface area contributed by atoms with Gasteiger partial charge in [0.1, 0.15) is 23.0 Å². The Morgan fingerprint density at radius 2 is 0.979 bits per heavy atom. The first kappa shape index (κ1) is 35.4. The van der Waals surface area contributed by atoms with Gasteiger partial charge in [-0.3, -0.25) is 0 Å². The number of carbonyl (C=O) groups is 4. The quantitative estimate of drug-likeness (QED) is 0.0509. The van der Waals surface area contributed by atoms with Crippen LogP contribution in [0.3, 0.4) is 0 Å². The molecule has 246 valence electrons. The van der Waals surface area contributed by atoms with E-state index in [4.69, 9.17) is 37.9 Å². The Morgan fingerprint density at radius 3 is 1.49 bits per heavy atom. The predicted octanol–water partition coefficient (Wildman–Crippen LogP) is 5.41. The Kier molecular flexibility index (Phi) is 14.6. The van der Waals surface area contributed by atoms with Crippen LogP contribution >= 0.6 is 0 Å². The zero-order chi connectivity index (χ0) is 33.9. The molecule has 0 bridgehead atoms. The molecule has 0 saturated carbocycles. The van der Waals surface area contributed by atoms with Crippen molar-refractivity contribution in [1.29, 1.82) is 0 Å². The lowest BCUT2D eigenvalue weighted by Crippen LogP contribution is -2.11. The zero-order valence-electron chi connectivity index (χ0n) is 25.6. The number of carbonyl (C=O) groups excluding carboxylic acids is 4. The van der Waals surface area contributed by atoms with Crippen molar-refractivity contribution in [2.45, 2.75) is 12.8 Å². The maximum atomic E-state index is 12.9. The highest BCUT2D eigenvalue weighted by Gasteiger charge is 2.15. The molecule has 12 nitrogen and oxygen atoms in total. The molecule has 0 aliphatic carbocycles. The van der Waals surface area contributed by atoms with Crippen LogP contribution in [0.15, 0.2) is 105 Å². The summed E-state index contributed by atoms with van der Waals surface area (Å²) in [5.41, 5.74) is 0.198. The largest absolute Gasteiger partial charge is 0.490 e. The molecular weight excluding hydrogens is 612 g/mol. The van der Waals surface area contributed by atoms with Gasteiger partial charge in [0.2, 0.25) is 6.79 Å². The third kappa shape index (κ3) is 12.8. The van der Waals surface area contributed by atoms with Gasteiger partial charge in [0.05, 0.1) is 32.0 Å². The minimum Gasteiger partial charge on any atom is -0.490 e. The standard InChI is InChI=1S/C35H34O12/c1-4-32(36)42-21-7-19-40-30-18-9-25(23-31(30)41-20-8-22-43-33(37)5-2)35(39)47-29-16-12-27(13-17-29)45-24-44-26-10-14-28(15-11-26)46-34(38)6-3/h4-6,9-18,23H,1-3,7-8,19-22,24H2. The van der Waals surface area contributed by atoms with E-state index in [1.807, 2.05) is 0 Å². The smallest absolute Gasteiger partial charge is 0.343 e. The third-order valence-corrected chi connectivity index (χ3v) is 5.79. The summed E-state index contributed by atoms with van der Waals surface area (Å²) in [4.78, 5) is 46.7. The zero-order valence-corrected chi connectivity index (χ0v) is 25.6. The molecular formula is C35H34O12. The van der Waals surface area contributed by atoms with Gasteiger partial charge in [0.25, 0.3) is 0 Å². The molecule has 0 heterocycles. The molecule has 0 amide bonds. The first-order valence-corrected chi connectivity index (χ1v) is 14.3. The summed E-state index contributed by atoms with van der Waals surface area (Å²) < 4.78 is 43.1. The Balaban J connectivity index is 1.54. The molecule has 47 heavy (non-hydrogen) atoms. The van der Waals surface area contributed by atoms with Gasteiger partial charge in [-0.1, -0.05) is 19.7 Å². The normalized spacial score (nSPS) is 10.0. The number of hydrogen-bond donors (Lipinski definition) is 0. The highest BCUT2D eigenvalue weighted by molar-refractivity contribution is 5.92. The van der Waals surface area contributed by atoms with Gasteiger partial charge in [-0.15, -0.1) is 0 Å². The van der Waals surface area contributed by atoms with E-state index in [1.54, 1.807) is 54.6 Å². The van der Waals surface area contributed by atoms with Crippen molar-refractivity contribution in [1.82, 2.24) is 0 Å². The van der Waals surface area contributed by atoms with E-state index >= 15 is 0 Å². The van der Waals surface area contributed by atoms with Crippen molar-refractivity contribution in [3.63, 3.8) is 0 Å². The first-order valence-electron chi connectivity index (χ1n) is 14.3. The topological polar surface area (TPSA) is 142 Å². The van der Waals surface area contributed by atoms with Crippen LogP contribution in [0.4, 0.5) is 0 Å². The summed E-state index contributed by atoms with van der Waals surface area (Å²) in [5.74, 6) is -0.0504. The number of hydrogen-bond acceptors (Lipinski definition) is 12. The van der Waals surface area contributed by atoms with Crippen LogP contribution in [0.1, 0.15) is 23.2 Å². The van der Waals surface area contributed by atoms with Crippen molar-refractivity contribution in [3.8, 4) is 34.5 Å². The van der Waals surface area contributed by atoms with E-state index in [1.165, 1.54) is 12.1 Å². The molecule has 12 heteroatoms. The predicted molar refractivity (Wildman–Crippen MR) is 169 cm³/mol. The van der Waals surface area contributed by atoms with Crippen LogP contribution in [0.5, 0.6) is 34.5 Å². The van der Waals surface area contributed by atoms with Crippen LogP contribution in [0.2, 0.25) is 0 Å². The molecule has 0 fully saturated rings. The first-order chi connectivity index (χ1) is 22.8. The summed E-state index contributed by atoms with van der Waals surface area (Å²) in [6.45, 7) is 10.6. The Morgan fingerprint density at radius 1 is 0.511 bits per heavy atom. The summed E-state index contributed by atoms with van der Waals surface area (Å²) in [7, 11) is 0. The van der Waals surface area contributed by atoms with Crippen LogP contribution in [0.25, 0.3) is 0 Å². The van der Waals surface area contributed by atoms with Gasteiger partial charge >= 0.3 is 23.9 Å². The fraction of sp³-hybridized carbons (Fsp3) is 0.200. The van der Waals surface area contributed by atoms with Crippen LogP contribution in [-0.2, 0) is 23.9 Å². The maximum Gasteiger partial charge on any atom is 0.343 e. The van der Waals surface area contributed by atoms with E-state index in [0.29, 0.717) is 35.8 Å². The minimum atomic E-state index is -0.642. The molecule has 0 atom stereocenters. The molecule has 0 aliphatic heterocycles. The lowest BCUT2D eigenvalue weighted by Gasteiger charge is -2.14. The molecule has 0 N–H and O–H groups in total. The number of esters is 4. The number of ether oxygens (including phenoxy) is 8. The van der Waals surface area contributed by atoms with Gasteiger partial charge in [-0.25, -0.2) is 19.2 Å². The molecule has 0 aromatic heterocycles. The summed E-state index contributed by atoms with van der Waals surface area (Å²) in [6, 6.07) is 17.3. The second-order valence-electron chi connectivity index (χ2n) is 9.17. The van der Waals surface area contributed by atoms with Crippen molar-refractivity contribution in [2.75, 3.05) is 33.2 Å². The van der Waals surface area contributed by atoms with E-state index < -0.39 is 23.9 Å². The van der Waals surface area contributed by atoms with E-state index in [9.17, 15) is 19.2 Å². The second-order valence-corrected chi connectivity index (χ2v) is 9.17. The van der Waals surface area contributed by atoms with E-state index in [2.05, 4.69) is 19.7 Å². The SMILES string of the molecule is C=CC(=O)OCCCOc1ccc(C(=O)Oc2ccc(OCOc3ccc(OC(=O)C=C)cc3)cc2)cc1OCCCOC(=O)C=C. The van der Waals surface area contributed by atoms with Gasteiger partial charge in [0.15, 0.2) is 11.5 Å². The number of benzene rings is 3. The van der Waals surface area contributed by atoms with Crippen molar-refractivity contribution in [2.24, 2.45) is 0 Å². The molecule has 3 aromatic carbocycles. The summed E-state index contributed by atoms with van der Waals surface area (Å²) >= 11 is 0. The van der Waals surface area contributed by atoms with Gasteiger partial charge in [0, 0.05) is 31.1 Å². The van der Waals surface area contributed by atoms with Crippen molar-refractivity contribution >= 4 is 23.9 Å². The Labute approximate surface area is 271 Å². The van der Waals surface area contributed by atoms with Gasteiger partial charge in [-0.05, 0) is 66.7 Å². The summed E-state index contributed by atoms with van der Waals surface area (Å²) in [6.07, 6.45) is 4.00. The molecule has 3 aromatic rings. The molecule has 0 spiro atoms. The monoisotopic (exact) mass is 646 g/mol. The Hall–Kier alpha value is -6.04. The molecule has 0 saturated heterocycles. The average Bonchev–Trinajstić information content (AvgIpc) is 3.09. The fourth-order valence-electron chi connectivity index (χ4n) is 3.51. The molecule has 0 unspecified atom stereocenters. The lowest BCUT2D eigenvalue weighted by atomic mass is 10.2. The average molecular weight is 647 g/mol. The highest BCUT2D eigenvalue weighted by Crippen LogP contribution is 2.30. The number of rotatable bonds is 20. The lowest BCUT2D eigenvalue weighted by molar-refractivity contribution is -0.138. The minimum absolute atomic E-state index is 0.0984. The van der Waals surface area contributed by atoms with Crippen LogP contribution < -0.4 is 28.4 Å². The fourth-order valence-corrected chi connectivity index (χ4v) is 3.51. The molecule has 3 rings (SSSR count). The van der Waals surface area contributed by atoms with Gasteiger partial charge in [-0.2, -0.15) is 0 Å². The highest BCUT2D eigenvalue weighted by atomic mass is 16.7. The molecule has 0 aliphatic rings. The van der Waals surface area contributed by atoms with E-state index in [0.717, 1.165) is 18.2 Å².